The van der Waals surface area contributed by atoms with Gasteiger partial charge < -0.3 is 14.4 Å². The topological polar surface area (TPSA) is 88.8 Å². The summed E-state index contributed by atoms with van der Waals surface area (Å²) in [4.78, 5) is 11.8. The van der Waals surface area contributed by atoms with E-state index < -0.39 is 22.1 Å². The molecule has 0 spiro atoms. The molecule has 8 heteroatoms. The largest absolute Gasteiger partial charge is 0.464 e. The maximum atomic E-state index is 12.7. The number of esters is 1. The number of carbonyl (C=O) groups is 1. The van der Waals surface area contributed by atoms with Crippen molar-refractivity contribution in [2.24, 2.45) is 7.05 Å². The van der Waals surface area contributed by atoms with E-state index in [2.05, 4.69) is 4.74 Å². The molecule has 0 unspecified atom stereocenters. The Kier molecular flexibility index (Phi) is 4.40. The van der Waals surface area contributed by atoms with E-state index in [1.807, 2.05) is 0 Å². The zero-order valence-corrected chi connectivity index (χ0v) is 13.2. The second-order valence-corrected chi connectivity index (χ2v) is 7.07. The lowest BCUT2D eigenvalue weighted by Crippen LogP contribution is -2.40. The molecular weight excluding hydrogens is 296 g/mol. The van der Waals surface area contributed by atoms with E-state index >= 15 is 0 Å². The predicted molar refractivity (Wildman–Crippen MR) is 75.5 cm³/mol. The summed E-state index contributed by atoms with van der Waals surface area (Å²) in [6.07, 6.45) is 0.406. The van der Waals surface area contributed by atoms with Crippen LogP contribution in [0.1, 0.15) is 29.0 Å². The summed E-state index contributed by atoms with van der Waals surface area (Å²) < 4.78 is 32.9. The lowest BCUT2D eigenvalue weighted by atomic mass is 10.1. The number of rotatable bonds is 3. The molecule has 1 fully saturated rings. The van der Waals surface area contributed by atoms with Gasteiger partial charge in [0.25, 0.3) is 0 Å². The van der Waals surface area contributed by atoms with E-state index in [1.165, 1.54) is 22.0 Å². The van der Waals surface area contributed by atoms with Crippen molar-refractivity contribution in [1.29, 1.82) is 0 Å². The van der Waals surface area contributed by atoms with Crippen LogP contribution in [-0.2, 0) is 21.8 Å². The number of methoxy groups -OCH3 is 1. The first-order valence-electron chi connectivity index (χ1n) is 6.72. The number of aromatic nitrogens is 1. The second kappa shape index (κ2) is 5.78. The summed E-state index contributed by atoms with van der Waals surface area (Å²) in [7, 11) is -0.786. The number of nitrogens with zero attached hydrogens (tertiary/aromatic N) is 2. The minimum atomic E-state index is -3.67. The van der Waals surface area contributed by atoms with Crippen LogP contribution in [0.15, 0.2) is 11.0 Å². The van der Waals surface area contributed by atoms with Crippen LogP contribution in [0.2, 0.25) is 0 Å². The molecule has 0 atom stereocenters. The van der Waals surface area contributed by atoms with Crippen LogP contribution in [0.4, 0.5) is 0 Å². The van der Waals surface area contributed by atoms with Crippen molar-refractivity contribution in [3.8, 4) is 0 Å². The number of hydrogen-bond donors (Lipinski definition) is 1. The number of aliphatic hydroxyl groups is 1. The Morgan fingerprint density at radius 3 is 2.48 bits per heavy atom. The molecule has 1 N–H and O–H groups in total. The fourth-order valence-electron chi connectivity index (χ4n) is 2.45. The lowest BCUT2D eigenvalue weighted by Gasteiger charge is -2.28. The van der Waals surface area contributed by atoms with Gasteiger partial charge in [-0.3, -0.25) is 0 Å². The SMILES string of the molecule is COC(=O)c1cc(S(=O)(=O)N2CCC(O)CC2)c(C)n1C. The lowest BCUT2D eigenvalue weighted by molar-refractivity contribution is 0.0589. The fourth-order valence-corrected chi connectivity index (χ4v) is 4.20. The molecule has 1 aromatic heterocycles. The molecule has 2 heterocycles. The Balaban J connectivity index is 2.39. The molecule has 0 amide bonds. The van der Waals surface area contributed by atoms with Crippen molar-refractivity contribution >= 4 is 16.0 Å². The highest BCUT2D eigenvalue weighted by atomic mass is 32.2. The Bertz CT molecular complexity index is 642. The summed E-state index contributed by atoms with van der Waals surface area (Å²) in [6, 6.07) is 1.35. The van der Waals surface area contributed by atoms with Crippen molar-refractivity contribution in [2.75, 3.05) is 20.2 Å². The molecule has 1 aromatic rings. The molecule has 0 saturated carbocycles. The molecule has 0 aromatic carbocycles. The quantitative estimate of drug-likeness (QED) is 0.808. The van der Waals surface area contributed by atoms with Crippen molar-refractivity contribution in [2.45, 2.75) is 30.8 Å². The van der Waals surface area contributed by atoms with Crippen LogP contribution < -0.4 is 0 Å². The van der Waals surface area contributed by atoms with Crippen molar-refractivity contribution < 1.29 is 23.1 Å². The number of sulfonamides is 1. The number of ether oxygens (including phenoxy) is 1. The highest BCUT2D eigenvalue weighted by molar-refractivity contribution is 7.89. The van der Waals surface area contributed by atoms with Crippen LogP contribution in [0.3, 0.4) is 0 Å². The van der Waals surface area contributed by atoms with Gasteiger partial charge >= 0.3 is 5.97 Å². The van der Waals surface area contributed by atoms with Gasteiger partial charge in [-0.05, 0) is 25.8 Å². The summed E-state index contributed by atoms with van der Waals surface area (Å²) in [5.74, 6) is -0.573. The van der Waals surface area contributed by atoms with Gasteiger partial charge in [-0.15, -0.1) is 0 Å². The van der Waals surface area contributed by atoms with E-state index in [1.54, 1.807) is 14.0 Å². The molecule has 7 nitrogen and oxygen atoms in total. The highest BCUT2D eigenvalue weighted by Crippen LogP contribution is 2.26. The first-order chi connectivity index (χ1) is 9.78. The maximum absolute atomic E-state index is 12.7. The highest BCUT2D eigenvalue weighted by Gasteiger charge is 2.32. The van der Waals surface area contributed by atoms with Crippen LogP contribution in [-0.4, -0.2) is 54.7 Å². The van der Waals surface area contributed by atoms with Gasteiger partial charge in [0.15, 0.2) is 0 Å². The normalized spacial score (nSPS) is 17.9. The average Bonchev–Trinajstić information content (AvgIpc) is 2.75. The molecular formula is C13H20N2O5S. The third-order valence-electron chi connectivity index (χ3n) is 3.92. The minimum Gasteiger partial charge on any atom is -0.464 e. The van der Waals surface area contributed by atoms with Gasteiger partial charge in [0.2, 0.25) is 10.0 Å². The standard InChI is InChI=1S/C13H20N2O5S/c1-9-12(8-11(14(9)2)13(17)20-3)21(18,19)15-6-4-10(16)5-7-15/h8,10,16H,4-7H2,1-3H3. The third-order valence-corrected chi connectivity index (χ3v) is 5.94. The number of carbonyl (C=O) groups excluding carboxylic acids is 1. The first kappa shape index (κ1) is 16.0. The van der Waals surface area contributed by atoms with Crippen LogP contribution in [0.5, 0.6) is 0 Å². The van der Waals surface area contributed by atoms with Crippen molar-refractivity contribution in [3.63, 3.8) is 0 Å². The molecule has 0 radical (unpaired) electrons. The monoisotopic (exact) mass is 316 g/mol. The molecule has 0 aliphatic carbocycles. The van der Waals surface area contributed by atoms with E-state index in [0.717, 1.165) is 0 Å². The first-order valence-corrected chi connectivity index (χ1v) is 8.16. The van der Waals surface area contributed by atoms with Gasteiger partial charge in [-0.1, -0.05) is 0 Å². The van der Waals surface area contributed by atoms with Gasteiger partial charge in [0.1, 0.15) is 10.6 Å². The smallest absolute Gasteiger partial charge is 0.354 e. The summed E-state index contributed by atoms with van der Waals surface area (Å²) in [5.41, 5.74) is 0.687. The average molecular weight is 316 g/mol. The Morgan fingerprint density at radius 1 is 1.38 bits per heavy atom. The maximum Gasteiger partial charge on any atom is 0.354 e. The van der Waals surface area contributed by atoms with Crippen LogP contribution >= 0.6 is 0 Å². The summed E-state index contributed by atoms with van der Waals surface area (Å²) in [5, 5.41) is 9.48. The third kappa shape index (κ3) is 2.83. The van der Waals surface area contributed by atoms with Gasteiger partial charge in [0, 0.05) is 25.8 Å². The molecule has 21 heavy (non-hydrogen) atoms. The van der Waals surface area contributed by atoms with E-state index in [-0.39, 0.29) is 23.7 Å². The molecule has 2 rings (SSSR count). The minimum absolute atomic E-state index is 0.113. The van der Waals surface area contributed by atoms with Gasteiger partial charge in [-0.2, -0.15) is 4.31 Å². The summed E-state index contributed by atoms with van der Waals surface area (Å²) >= 11 is 0. The molecule has 0 bridgehead atoms. The van der Waals surface area contributed by atoms with E-state index in [0.29, 0.717) is 18.5 Å². The number of piperidine rings is 1. The van der Waals surface area contributed by atoms with Crippen molar-refractivity contribution in [3.05, 3.63) is 17.5 Å². The molecule has 118 valence electrons. The molecule has 1 aliphatic rings. The Labute approximate surface area is 124 Å². The second-order valence-electron chi connectivity index (χ2n) is 5.17. The molecule has 1 saturated heterocycles. The number of aliphatic hydroxyl groups excluding tert-OH is 1. The number of hydrogen-bond acceptors (Lipinski definition) is 5. The zero-order valence-electron chi connectivity index (χ0n) is 12.4. The van der Waals surface area contributed by atoms with Crippen LogP contribution in [0.25, 0.3) is 0 Å². The Hall–Kier alpha value is -1.38. The fraction of sp³-hybridized carbons (Fsp3) is 0.615. The van der Waals surface area contributed by atoms with Gasteiger partial charge in [-0.25, -0.2) is 13.2 Å². The van der Waals surface area contributed by atoms with E-state index in [9.17, 15) is 18.3 Å². The zero-order chi connectivity index (χ0) is 15.8. The van der Waals surface area contributed by atoms with Crippen molar-refractivity contribution in [1.82, 2.24) is 8.87 Å². The summed E-state index contributed by atoms with van der Waals surface area (Å²) in [6.45, 7) is 2.22. The Morgan fingerprint density at radius 2 is 1.95 bits per heavy atom. The predicted octanol–water partition coefficient (Wildman–Crippen LogP) is 0.266. The van der Waals surface area contributed by atoms with E-state index in [4.69, 9.17) is 0 Å². The van der Waals surface area contributed by atoms with Crippen LogP contribution in [0, 0.1) is 6.92 Å². The van der Waals surface area contributed by atoms with Gasteiger partial charge in [0.05, 0.1) is 13.2 Å². The molecule has 1 aliphatic heterocycles.